The van der Waals surface area contributed by atoms with Gasteiger partial charge in [0.2, 0.25) is 0 Å². The van der Waals surface area contributed by atoms with Gasteiger partial charge in [0, 0.05) is 6.07 Å². The molecule has 0 fully saturated rings. The van der Waals surface area contributed by atoms with Gasteiger partial charge in [-0.05, 0) is 49.4 Å². The van der Waals surface area contributed by atoms with Gasteiger partial charge >= 0.3 is 5.97 Å². The molecule has 0 heterocycles. The van der Waals surface area contributed by atoms with E-state index in [9.17, 15) is 9.18 Å². The molecule has 0 aliphatic carbocycles. The third-order valence-electron chi connectivity index (χ3n) is 3.81. The molecule has 3 nitrogen and oxygen atoms in total. The Morgan fingerprint density at radius 2 is 1.88 bits per heavy atom. The molecule has 0 bridgehead atoms. The van der Waals surface area contributed by atoms with Crippen molar-refractivity contribution >= 4 is 18.4 Å². The Balaban J connectivity index is 1.96. The van der Waals surface area contributed by atoms with Crippen LogP contribution in [0.1, 0.15) is 48.5 Å². The lowest BCUT2D eigenvalue weighted by molar-refractivity contribution is 0.0728. The molecule has 0 atom stereocenters. The molecule has 0 N–H and O–H groups in total. The smallest absolute Gasteiger partial charge is 0.343 e. The fraction of sp³-hybridized carbons (Fsp3) is 0.300. The summed E-state index contributed by atoms with van der Waals surface area (Å²) in [6.07, 6.45) is 5.82. The highest BCUT2D eigenvalue weighted by Gasteiger charge is 2.12. The molecule has 2 aromatic carbocycles. The molecular formula is C20H22FNO2. The van der Waals surface area contributed by atoms with Gasteiger partial charge in [-0.15, -0.1) is 0 Å². The summed E-state index contributed by atoms with van der Waals surface area (Å²) in [5.41, 5.74) is 1.98. The zero-order valence-corrected chi connectivity index (χ0v) is 13.9. The Hall–Kier alpha value is -2.49. The number of carbonyl (C=O) groups is 1. The first-order valence-corrected chi connectivity index (χ1v) is 8.21. The van der Waals surface area contributed by atoms with Gasteiger partial charge in [0.1, 0.15) is 0 Å². The van der Waals surface area contributed by atoms with Crippen molar-refractivity contribution in [2.75, 3.05) is 0 Å². The summed E-state index contributed by atoms with van der Waals surface area (Å²) >= 11 is 0. The lowest BCUT2D eigenvalue weighted by Gasteiger charge is -2.07. The predicted molar refractivity (Wildman–Crippen MR) is 94.9 cm³/mol. The van der Waals surface area contributed by atoms with Crippen LogP contribution < -0.4 is 4.74 Å². The Morgan fingerprint density at radius 3 is 2.50 bits per heavy atom. The van der Waals surface area contributed by atoms with Crippen LogP contribution in [0, 0.1) is 5.82 Å². The average Bonchev–Trinajstić information content (AvgIpc) is 2.61. The first-order valence-electron chi connectivity index (χ1n) is 8.21. The molecule has 0 saturated carbocycles. The summed E-state index contributed by atoms with van der Waals surface area (Å²) in [5, 5.41) is 0. The molecule has 0 radical (unpaired) electrons. The maximum Gasteiger partial charge on any atom is 0.343 e. The maximum atomic E-state index is 13.8. The van der Waals surface area contributed by atoms with Gasteiger partial charge in [-0.25, -0.2) is 9.18 Å². The predicted octanol–water partition coefficient (Wildman–Crippen LogP) is 5.50. The number of rotatable bonds is 8. The van der Waals surface area contributed by atoms with Crippen LogP contribution in [0.4, 0.5) is 10.1 Å². The summed E-state index contributed by atoms with van der Waals surface area (Å²) in [4.78, 5) is 15.7. The molecule has 24 heavy (non-hydrogen) atoms. The number of esters is 1. The third-order valence-corrected chi connectivity index (χ3v) is 3.81. The molecule has 0 saturated heterocycles. The van der Waals surface area contributed by atoms with Crippen LogP contribution in [0.3, 0.4) is 0 Å². The van der Waals surface area contributed by atoms with E-state index in [0.717, 1.165) is 12.8 Å². The van der Waals surface area contributed by atoms with Crippen molar-refractivity contribution in [2.45, 2.75) is 39.0 Å². The number of carbonyl (C=O) groups excluding carboxylic acids is 1. The molecule has 0 amide bonds. The monoisotopic (exact) mass is 327 g/mol. The summed E-state index contributed by atoms with van der Waals surface area (Å²) in [6.45, 7) is 5.51. The van der Waals surface area contributed by atoms with Gasteiger partial charge in [-0.1, -0.05) is 38.3 Å². The highest BCUT2D eigenvalue weighted by molar-refractivity contribution is 5.91. The number of hydrogen-bond donors (Lipinski definition) is 0. The minimum absolute atomic E-state index is 0.115. The van der Waals surface area contributed by atoms with Crippen molar-refractivity contribution in [2.24, 2.45) is 4.99 Å². The Kier molecular flexibility index (Phi) is 6.67. The van der Waals surface area contributed by atoms with Crippen LogP contribution in [0.2, 0.25) is 0 Å². The minimum atomic E-state index is -0.638. The number of halogens is 1. The van der Waals surface area contributed by atoms with Crippen LogP contribution in [0.5, 0.6) is 5.75 Å². The summed E-state index contributed by atoms with van der Waals surface area (Å²) in [6, 6.07) is 11.4. The average molecular weight is 327 g/mol. The molecular weight excluding hydrogens is 305 g/mol. The molecule has 0 unspecified atom stereocenters. The fourth-order valence-electron chi connectivity index (χ4n) is 2.39. The maximum absolute atomic E-state index is 13.8. The van der Waals surface area contributed by atoms with E-state index in [1.54, 1.807) is 12.1 Å². The van der Waals surface area contributed by atoms with Crippen LogP contribution in [-0.4, -0.2) is 12.7 Å². The normalized spacial score (nSPS) is 10.4. The van der Waals surface area contributed by atoms with Crippen molar-refractivity contribution < 1.29 is 13.9 Å². The van der Waals surface area contributed by atoms with E-state index >= 15 is 0 Å². The molecule has 0 aliphatic rings. The summed E-state index contributed by atoms with van der Waals surface area (Å²) in [7, 11) is 0. The number of benzene rings is 2. The van der Waals surface area contributed by atoms with Crippen molar-refractivity contribution in [3.05, 3.63) is 59.4 Å². The third kappa shape index (κ3) is 5.01. The number of ether oxygens (including phenoxy) is 1. The topological polar surface area (TPSA) is 38.7 Å². The van der Waals surface area contributed by atoms with E-state index in [4.69, 9.17) is 4.74 Å². The summed E-state index contributed by atoms with van der Waals surface area (Å²) in [5.74, 6) is -1.33. The van der Waals surface area contributed by atoms with Gasteiger partial charge in [0.15, 0.2) is 11.6 Å². The number of aliphatic imine (C=N–C) groups is 1. The zero-order chi connectivity index (χ0) is 17.4. The van der Waals surface area contributed by atoms with Gasteiger partial charge in [0.25, 0.3) is 0 Å². The van der Waals surface area contributed by atoms with E-state index in [0.29, 0.717) is 11.3 Å². The van der Waals surface area contributed by atoms with E-state index in [-0.39, 0.29) is 5.75 Å². The minimum Gasteiger partial charge on any atom is -0.420 e. The lowest BCUT2D eigenvalue weighted by atomic mass is 10.0. The van der Waals surface area contributed by atoms with Crippen molar-refractivity contribution in [1.82, 2.24) is 0 Å². The molecule has 126 valence electrons. The number of unbranched alkanes of at least 4 members (excludes halogenated alkanes) is 3. The van der Waals surface area contributed by atoms with E-state index < -0.39 is 11.8 Å². The van der Waals surface area contributed by atoms with Crippen molar-refractivity contribution in [3.8, 4) is 5.75 Å². The number of aryl methyl sites for hydroxylation is 1. The second-order valence-electron chi connectivity index (χ2n) is 5.67. The van der Waals surface area contributed by atoms with Crippen LogP contribution in [0.15, 0.2) is 47.5 Å². The standard InChI is InChI=1S/C20H22FNO2/c1-3-4-5-6-7-15-8-10-16(11-9-15)20(23)24-19-13-12-17(22-2)14-18(19)21/h8-14H,2-7H2,1H3. The van der Waals surface area contributed by atoms with Gasteiger partial charge < -0.3 is 4.74 Å². The lowest BCUT2D eigenvalue weighted by Crippen LogP contribution is -2.09. The largest absolute Gasteiger partial charge is 0.420 e. The van der Waals surface area contributed by atoms with Gasteiger partial charge in [0.05, 0.1) is 11.3 Å². The molecule has 0 aromatic heterocycles. The molecule has 0 aliphatic heterocycles. The molecule has 4 heteroatoms. The SMILES string of the molecule is C=Nc1ccc(OC(=O)c2ccc(CCCCCC)cc2)c(F)c1. The van der Waals surface area contributed by atoms with Crippen molar-refractivity contribution in [1.29, 1.82) is 0 Å². The van der Waals surface area contributed by atoms with Gasteiger partial charge in [-0.3, -0.25) is 4.99 Å². The van der Waals surface area contributed by atoms with Gasteiger partial charge in [-0.2, -0.15) is 0 Å². The second kappa shape index (κ2) is 8.96. The van der Waals surface area contributed by atoms with E-state index in [2.05, 4.69) is 18.6 Å². The molecule has 2 rings (SSSR count). The molecule has 0 spiro atoms. The second-order valence-corrected chi connectivity index (χ2v) is 5.67. The Labute approximate surface area is 142 Å². The van der Waals surface area contributed by atoms with Crippen molar-refractivity contribution in [3.63, 3.8) is 0 Å². The van der Waals surface area contributed by atoms with Crippen LogP contribution in [0.25, 0.3) is 0 Å². The first kappa shape index (κ1) is 17.9. The number of hydrogen-bond acceptors (Lipinski definition) is 3. The zero-order valence-electron chi connectivity index (χ0n) is 13.9. The Bertz CT molecular complexity index is 695. The summed E-state index contributed by atoms with van der Waals surface area (Å²) < 4.78 is 18.9. The Morgan fingerprint density at radius 1 is 1.12 bits per heavy atom. The highest BCUT2D eigenvalue weighted by atomic mass is 19.1. The fourth-order valence-corrected chi connectivity index (χ4v) is 2.39. The van der Waals surface area contributed by atoms with E-state index in [1.165, 1.54) is 43.0 Å². The van der Waals surface area contributed by atoms with Crippen LogP contribution in [-0.2, 0) is 6.42 Å². The van der Waals surface area contributed by atoms with Crippen LogP contribution >= 0.6 is 0 Å². The highest BCUT2D eigenvalue weighted by Crippen LogP contribution is 2.23. The van der Waals surface area contributed by atoms with E-state index in [1.807, 2.05) is 12.1 Å². The quantitative estimate of drug-likeness (QED) is 0.278. The number of nitrogens with zero attached hydrogens (tertiary/aromatic N) is 1. The first-order chi connectivity index (χ1) is 11.6. The molecule has 2 aromatic rings.